The molecule has 0 aliphatic carbocycles. The monoisotopic (exact) mass is 334 g/mol. The van der Waals surface area contributed by atoms with E-state index in [1.54, 1.807) is 6.20 Å². The maximum atomic E-state index is 7.29. The molecule has 0 amide bonds. The van der Waals surface area contributed by atoms with E-state index in [4.69, 9.17) is 6.57 Å². The molecule has 2 aromatic carbocycles. The second-order valence-corrected chi connectivity index (χ2v) is 6.16. The minimum Gasteiger partial charge on any atom is -0.347 e. The van der Waals surface area contributed by atoms with Gasteiger partial charge in [-0.15, -0.1) is 0 Å². The molecule has 0 unspecified atom stereocenters. The molecule has 0 atom stereocenters. The number of nitrogens with zero attached hydrogens (tertiary/aromatic N) is 3. The van der Waals surface area contributed by atoms with Crippen LogP contribution in [0.5, 0.6) is 0 Å². The van der Waals surface area contributed by atoms with E-state index in [1.165, 1.54) is 5.56 Å². The van der Waals surface area contributed by atoms with Crippen molar-refractivity contribution >= 4 is 27.6 Å². The van der Waals surface area contributed by atoms with Crippen LogP contribution in [0.1, 0.15) is 0 Å². The number of hydrogen-bond donors (Lipinski definition) is 1. The Hall–Kier alpha value is -3.84. The fourth-order valence-corrected chi connectivity index (χ4v) is 3.46. The summed E-state index contributed by atoms with van der Waals surface area (Å²) in [5, 5.41) is 2.08. The Labute approximate surface area is 150 Å². The lowest BCUT2D eigenvalue weighted by Crippen LogP contribution is -1.94. The first-order valence-electron chi connectivity index (χ1n) is 8.36. The Morgan fingerprint density at radius 2 is 1.77 bits per heavy atom. The van der Waals surface area contributed by atoms with Gasteiger partial charge in [0.2, 0.25) is 0 Å². The van der Waals surface area contributed by atoms with Crippen molar-refractivity contribution in [2.24, 2.45) is 0 Å². The maximum Gasteiger partial charge on any atom is 0.188 e. The van der Waals surface area contributed by atoms with Crippen molar-refractivity contribution in [1.29, 1.82) is 0 Å². The highest BCUT2D eigenvalue weighted by molar-refractivity contribution is 6.08. The number of nitrogens with one attached hydrogen (secondary N) is 1. The van der Waals surface area contributed by atoms with Gasteiger partial charge in [-0.2, -0.15) is 0 Å². The second-order valence-electron chi connectivity index (χ2n) is 6.16. The molecule has 0 fully saturated rings. The normalized spacial score (nSPS) is 11.0. The molecule has 122 valence electrons. The van der Waals surface area contributed by atoms with Crippen LogP contribution in [0, 0.1) is 6.57 Å². The third kappa shape index (κ3) is 2.11. The van der Waals surface area contributed by atoms with Crippen LogP contribution in [0.4, 0.5) is 5.69 Å². The Balaban J connectivity index is 1.79. The molecule has 0 aliphatic rings. The zero-order valence-electron chi connectivity index (χ0n) is 13.8. The minimum absolute atomic E-state index is 0.636. The Kier molecular flexibility index (Phi) is 3.13. The molecular formula is C22H14N4. The quantitative estimate of drug-likeness (QED) is 0.412. The summed E-state index contributed by atoms with van der Waals surface area (Å²) in [5.74, 6) is 0.957. The summed E-state index contributed by atoms with van der Waals surface area (Å²) >= 11 is 0. The summed E-state index contributed by atoms with van der Waals surface area (Å²) in [4.78, 5) is 11.5. The van der Waals surface area contributed by atoms with Gasteiger partial charge < -0.3 is 4.98 Å². The Morgan fingerprint density at radius 1 is 0.885 bits per heavy atom. The summed E-state index contributed by atoms with van der Waals surface area (Å²) in [6, 6.07) is 22.2. The molecule has 4 heteroatoms. The van der Waals surface area contributed by atoms with Crippen molar-refractivity contribution in [3.05, 3.63) is 90.5 Å². The number of aromatic nitrogens is 3. The van der Waals surface area contributed by atoms with Gasteiger partial charge in [-0.05, 0) is 41.3 Å². The summed E-state index contributed by atoms with van der Waals surface area (Å²) < 4.78 is 2.12. The van der Waals surface area contributed by atoms with Crippen LogP contribution >= 0.6 is 0 Å². The molecule has 4 nitrogen and oxygen atoms in total. The second kappa shape index (κ2) is 5.61. The largest absolute Gasteiger partial charge is 0.347 e. The minimum atomic E-state index is 0.636. The van der Waals surface area contributed by atoms with E-state index in [9.17, 15) is 0 Å². The zero-order chi connectivity index (χ0) is 17.5. The molecule has 0 radical (unpaired) electrons. The predicted octanol–water partition coefficient (Wildman–Crippen LogP) is 5.72. The van der Waals surface area contributed by atoms with E-state index >= 15 is 0 Å². The fourth-order valence-electron chi connectivity index (χ4n) is 3.46. The van der Waals surface area contributed by atoms with Crippen molar-refractivity contribution in [1.82, 2.24) is 14.5 Å². The first-order chi connectivity index (χ1) is 12.8. The third-order valence-corrected chi connectivity index (χ3v) is 4.65. The van der Waals surface area contributed by atoms with Crippen LogP contribution in [-0.4, -0.2) is 14.5 Å². The lowest BCUT2D eigenvalue weighted by Gasteiger charge is -2.03. The molecule has 0 saturated heterocycles. The van der Waals surface area contributed by atoms with Crippen molar-refractivity contribution in [2.75, 3.05) is 0 Å². The van der Waals surface area contributed by atoms with E-state index in [0.717, 1.165) is 33.3 Å². The molecule has 3 aromatic heterocycles. The average Bonchev–Trinajstić information content (AvgIpc) is 3.31. The molecule has 0 saturated carbocycles. The highest BCUT2D eigenvalue weighted by Gasteiger charge is 2.14. The van der Waals surface area contributed by atoms with E-state index in [1.807, 2.05) is 48.7 Å². The number of benzene rings is 2. The number of rotatable bonds is 2. The third-order valence-electron chi connectivity index (χ3n) is 4.65. The molecule has 5 rings (SSSR count). The molecule has 5 aromatic rings. The standard InChI is InChI=1S/C22H14N4/c1-23-17-9-10-20-19(13-17)18-8-5-11-24-22(18)26(20)21-12-16(14-25-21)15-6-3-2-4-7-15/h2-14,25H. The number of aromatic amines is 1. The van der Waals surface area contributed by atoms with Gasteiger partial charge in [0.15, 0.2) is 5.69 Å². The molecule has 1 N–H and O–H groups in total. The highest BCUT2D eigenvalue weighted by Crippen LogP contribution is 2.33. The van der Waals surface area contributed by atoms with Gasteiger partial charge in [-0.1, -0.05) is 36.4 Å². The van der Waals surface area contributed by atoms with E-state index in [2.05, 4.69) is 43.6 Å². The molecule has 3 heterocycles. The Bertz CT molecular complexity index is 1290. The van der Waals surface area contributed by atoms with Crippen LogP contribution in [0.15, 0.2) is 79.1 Å². The van der Waals surface area contributed by atoms with Gasteiger partial charge in [0.25, 0.3) is 0 Å². The van der Waals surface area contributed by atoms with Crippen LogP contribution in [0.25, 0.3) is 43.7 Å². The van der Waals surface area contributed by atoms with Crippen molar-refractivity contribution in [3.63, 3.8) is 0 Å². The van der Waals surface area contributed by atoms with Crippen LogP contribution in [0.2, 0.25) is 0 Å². The summed E-state index contributed by atoms with van der Waals surface area (Å²) in [6.07, 6.45) is 3.81. The van der Waals surface area contributed by atoms with Crippen LogP contribution < -0.4 is 0 Å². The average molecular weight is 334 g/mol. The van der Waals surface area contributed by atoms with Gasteiger partial charge >= 0.3 is 0 Å². The lowest BCUT2D eigenvalue weighted by atomic mass is 10.1. The van der Waals surface area contributed by atoms with Gasteiger partial charge in [0, 0.05) is 23.3 Å². The van der Waals surface area contributed by atoms with Crippen molar-refractivity contribution < 1.29 is 0 Å². The van der Waals surface area contributed by atoms with Crippen LogP contribution in [-0.2, 0) is 0 Å². The summed E-state index contributed by atoms with van der Waals surface area (Å²) in [6.45, 7) is 7.29. The summed E-state index contributed by atoms with van der Waals surface area (Å²) in [7, 11) is 0. The first kappa shape index (κ1) is 14.5. The van der Waals surface area contributed by atoms with Gasteiger partial charge in [-0.3, -0.25) is 4.57 Å². The van der Waals surface area contributed by atoms with E-state index in [-0.39, 0.29) is 0 Å². The van der Waals surface area contributed by atoms with Gasteiger partial charge in [-0.25, -0.2) is 9.83 Å². The molecule has 0 spiro atoms. The predicted molar refractivity (Wildman–Crippen MR) is 105 cm³/mol. The van der Waals surface area contributed by atoms with E-state index < -0.39 is 0 Å². The molecule has 26 heavy (non-hydrogen) atoms. The topological polar surface area (TPSA) is 38.0 Å². The van der Waals surface area contributed by atoms with Crippen LogP contribution in [0.3, 0.4) is 0 Å². The lowest BCUT2D eigenvalue weighted by molar-refractivity contribution is 1.08. The van der Waals surface area contributed by atoms with Crippen molar-refractivity contribution in [2.45, 2.75) is 0 Å². The molecule has 0 bridgehead atoms. The highest BCUT2D eigenvalue weighted by atomic mass is 15.1. The number of hydrogen-bond acceptors (Lipinski definition) is 1. The number of pyridine rings is 1. The van der Waals surface area contributed by atoms with Gasteiger partial charge in [0.1, 0.15) is 11.5 Å². The smallest absolute Gasteiger partial charge is 0.188 e. The zero-order valence-corrected chi connectivity index (χ0v) is 13.8. The number of H-pyrrole nitrogens is 1. The van der Waals surface area contributed by atoms with Crippen molar-refractivity contribution in [3.8, 4) is 16.9 Å². The fraction of sp³-hybridized carbons (Fsp3) is 0. The maximum absolute atomic E-state index is 7.29. The molecule has 0 aliphatic heterocycles. The number of fused-ring (bicyclic) bond motifs is 3. The van der Waals surface area contributed by atoms with E-state index in [0.29, 0.717) is 5.69 Å². The summed E-state index contributed by atoms with van der Waals surface area (Å²) in [5.41, 5.74) is 4.85. The Morgan fingerprint density at radius 3 is 2.62 bits per heavy atom. The van der Waals surface area contributed by atoms with Gasteiger partial charge in [0.05, 0.1) is 12.1 Å². The molecular weight excluding hydrogens is 320 g/mol. The SMILES string of the molecule is [C-]#[N+]c1ccc2c(c1)c1cccnc1n2-c1cc(-c2ccccc2)c[nH]1. The first-order valence-corrected chi connectivity index (χ1v) is 8.36.